The number of likely N-dealkylation sites (tertiary alicyclic amines) is 1. The number of likely N-dealkylation sites (N-methyl/N-ethyl adjacent to an activating group) is 1. The second kappa shape index (κ2) is 5.99. The van der Waals surface area contributed by atoms with E-state index in [1.165, 1.54) is 25.0 Å². The largest absolute Gasteiger partial charge is 0.329 e. The molecule has 2 aliphatic heterocycles. The van der Waals surface area contributed by atoms with Crippen LogP contribution in [0.5, 0.6) is 0 Å². The summed E-state index contributed by atoms with van der Waals surface area (Å²) in [5.41, 5.74) is 6.57. The van der Waals surface area contributed by atoms with E-state index in [4.69, 9.17) is 5.73 Å². The average molecular weight is 295 g/mol. The summed E-state index contributed by atoms with van der Waals surface area (Å²) in [6.45, 7) is 2.24. The van der Waals surface area contributed by atoms with Gasteiger partial charge in [0.1, 0.15) is 11.6 Å². The van der Waals surface area contributed by atoms with Gasteiger partial charge in [-0.1, -0.05) is 0 Å². The maximum absolute atomic E-state index is 13.5. The molecule has 0 radical (unpaired) electrons. The van der Waals surface area contributed by atoms with Gasteiger partial charge in [-0.3, -0.25) is 9.80 Å². The molecule has 2 aliphatic rings. The van der Waals surface area contributed by atoms with Crippen LogP contribution >= 0.6 is 0 Å². The van der Waals surface area contributed by atoms with Gasteiger partial charge in [0.05, 0.1) is 0 Å². The average Bonchev–Trinajstić information content (AvgIpc) is 2.65. The fourth-order valence-electron chi connectivity index (χ4n) is 3.88. The van der Waals surface area contributed by atoms with Crippen molar-refractivity contribution in [1.82, 2.24) is 9.80 Å². The van der Waals surface area contributed by atoms with Crippen molar-refractivity contribution in [2.45, 2.75) is 37.4 Å². The maximum atomic E-state index is 13.5. The van der Waals surface area contributed by atoms with Crippen LogP contribution < -0.4 is 5.73 Å². The lowest BCUT2D eigenvalue weighted by molar-refractivity contribution is 0.174. The van der Waals surface area contributed by atoms with Crippen LogP contribution in [-0.2, 0) is 0 Å². The van der Waals surface area contributed by atoms with Crippen molar-refractivity contribution in [2.75, 3.05) is 26.7 Å². The van der Waals surface area contributed by atoms with Gasteiger partial charge in [0, 0.05) is 43.8 Å². The first-order valence-electron chi connectivity index (χ1n) is 7.70. The van der Waals surface area contributed by atoms with E-state index < -0.39 is 11.6 Å². The minimum Gasteiger partial charge on any atom is -0.329 e. The van der Waals surface area contributed by atoms with Gasteiger partial charge in [0.2, 0.25) is 0 Å². The zero-order valence-corrected chi connectivity index (χ0v) is 12.4. The topological polar surface area (TPSA) is 32.5 Å². The van der Waals surface area contributed by atoms with Crippen LogP contribution in [-0.4, -0.2) is 48.6 Å². The smallest absolute Gasteiger partial charge is 0.126 e. The Hall–Kier alpha value is -1.04. The molecule has 0 amide bonds. The number of benzene rings is 1. The van der Waals surface area contributed by atoms with Gasteiger partial charge in [-0.2, -0.15) is 0 Å². The van der Waals surface area contributed by atoms with Crippen LogP contribution in [0.25, 0.3) is 0 Å². The van der Waals surface area contributed by atoms with Crippen LogP contribution in [0.4, 0.5) is 8.78 Å². The van der Waals surface area contributed by atoms with Crippen LogP contribution in [0.3, 0.4) is 0 Å². The fourth-order valence-corrected chi connectivity index (χ4v) is 3.88. The molecule has 1 aromatic carbocycles. The molecular weight excluding hydrogens is 272 g/mol. The van der Waals surface area contributed by atoms with Crippen molar-refractivity contribution in [2.24, 2.45) is 5.73 Å². The van der Waals surface area contributed by atoms with Crippen LogP contribution in [0.2, 0.25) is 0 Å². The Morgan fingerprint density at radius 1 is 1.14 bits per heavy atom. The Morgan fingerprint density at radius 2 is 1.81 bits per heavy atom. The van der Waals surface area contributed by atoms with Gasteiger partial charge in [0.15, 0.2) is 0 Å². The normalized spacial score (nSPS) is 28.6. The summed E-state index contributed by atoms with van der Waals surface area (Å²) in [6, 6.07) is 4.80. The van der Waals surface area contributed by atoms with E-state index in [0.717, 1.165) is 25.6 Å². The summed E-state index contributed by atoms with van der Waals surface area (Å²) in [5, 5.41) is 0. The number of nitrogens with two attached hydrogens (primary N) is 1. The molecule has 1 aromatic rings. The molecule has 2 saturated heterocycles. The van der Waals surface area contributed by atoms with Crippen molar-refractivity contribution >= 4 is 0 Å². The molecular formula is C16H23F2N3. The Kier molecular flexibility index (Phi) is 4.24. The summed E-state index contributed by atoms with van der Waals surface area (Å²) in [6.07, 6.45) is 3.56. The predicted molar refractivity (Wildman–Crippen MR) is 78.9 cm³/mol. The highest BCUT2D eigenvalue weighted by molar-refractivity contribution is 5.22. The number of rotatable bonds is 3. The fraction of sp³-hybridized carbons (Fsp3) is 0.625. The second-order valence-corrected chi connectivity index (χ2v) is 6.29. The van der Waals surface area contributed by atoms with Gasteiger partial charge < -0.3 is 5.73 Å². The van der Waals surface area contributed by atoms with Crippen molar-refractivity contribution in [3.8, 4) is 0 Å². The monoisotopic (exact) mass is 295 g/mol. The molecule has 3 rings (SSSR count). The van der Waals surface area contributed by atoms with Crippen LogP contribution in [0, 0.1) is 11.6 Å². The number of halogens is 2. The van der Waals surface area contributed by atoms with Gasteiger partial charge in [-0.15, -0.1) is 0 Å². The zero-order chi connectivity index (χ0) is 15.0. The van der Waals surface area contributed by atoms with Crippen LogP contribution in [0.1, 0.15) is 30.9 Å². The number of hydrogen-bond acceptors (Lipinski definition) is 3. The van der Waals surface area contributed by atoms with Crippen molar-refractivity contribution < 1.29 is 8.78 Å². The third kappa shape index (κ3) is 2.96. The zero-order valence-electron chi connectivity index (χ0n) is 12.4. The first-order chi connectivity index (χ1) is 10.1. The highest BCUT2D eigenvalue weighted by Crippen LogP contribution is 2.32. The highest BCUT2D eigenvalue weighted by Gasteiger charge is 2.36. The molecule has 0 spiro atoms. The molecule has 3 atom stereocenters. The molecule has 2 heterocycles. The number of hydrogen-bond donors (Lipinski definition) is 1. The van der Waals surface area contributed by atoms with E-state index in [0.29, 0.717) is 24.2 Å². The lowest BCUT2D eigenvalue weighted by atomic mass is 10.0. The van der Waals surface area contributed by atoms with Crippen molar-refractivity contribution in [1.29, 1.82) is 0 Å². The van der Waals surface area contributed by atoms with E-state index in [1.54, 1.807) is 0 Å². The lowest BCUT2D eigenvalue weighted by Crippen LogP contribution is -2.40. The Morgan fingerprint density at radius 3 is 2.48 bits per heavy atom. The Balaban J connectivity index is 1.83. The Labute approximate surface area is 124 Å². The molecule has 3 unspecified atom stereocenters. The van der Waals surface area contributed by atoms with Gasteiger partial charge in [0.25, 0.3) is 0 Å². The quantitative estimate of drug-likeness (QED) is 0.927. The van der Waals surface area contributed by atoms with E-state index in [9.17, 15) is 8.78 Å². The molecule has 21 heavy (non-hydrogen) atoms. The Bertz CT molecular complexity index is 488. The van der Waals surface area contributed by atoms with Crippen LogP contribution in [0.15, 0.2) is 18.2 Å². The van der Waals surface area contributed by atoms with E-state index in [2.05, 4.69) is 16.8 Å². The highest BCUT2D eigenvalue weighted by atomic mass is 19.1. The summed E-state index contributed by atoms with van der Waals surface area (Å²) >= 11 is 0. The summed E-state index contributed by atoms with van der Waals surface area (Å²) in [7, 11) is 2.19. The van der Waals surface area contributed by atoms with E-state index in [1.807, 2.05) is 0 Å². The predicted octanol–water partition coefficient (Wildman–Crippen LogP) is 2.13. The minimum atomic E-state index is -0.531. The second-order valence-electron chi connectivity index (χ2n) is 6.29. The van der Waals surface area contributed by atoms with Gasteiger partial charge in [-0.25, -0.2) is 8.78 Å². The maximum Gasteiger partial charge on any atom is 0.126 e. The third-order valence-electron chi connectivity index (χ3n) is 5.11. The number of fused-ring (bicyclic) bond motifs is 2. The number of nitrogens with zero attached hydrogens (tertiary/aromatic N) is 2. The standard InChI is InChI=1S/C16H23F2N3/c1-20-14-2-3-15(20)10-21(5-4-14)16(9-19)11-6-12(17)8-13(18)7-11/h6-8,14-16H,2-5,9-10,19H2,1H3. The molecule has 0 saturated carbocycles. The minimum absolute atomic E-state index is 0.108. The molecule has 2 fully saturated rings. The molecule has 3 nitrogen and oxygen atoms in total. The molecule has 2 bridgehead atoms. The first kappa shape index (κ1) is 14.9. The van der Waals surface area contributed by atoms with Gasteiger partial charge in [-0.05, 0) is 44.0 Å². The summed E-state index contributed by atoms with van der Waals surface area (Å²) in [5.74, 6) is -1.06. The lowest BCUT2D eigenvalue weighted by Gasteiger charge is -2.33. The molecule has 0 aromatic heterocycles. The summed E-state index contributed by atoms with van der Waals surface area (Å²) in [4.78, 5) is 4.76. The van der Waals surface area contributed by atoms with Crippen molar-refractivity contribution in [3.05, 3.63) is 35.4 Å². The SMILES string of the molecule is CN1C2CCC1CN(C(CN)c1cc(F)cc(F)c1)CC2. The molecule has 0 aliphatic carbocycles. The van der Waals surface area contributed by atoms with Gasteiger partial charge >= 0.3 is 0 Å². The van der Waals surface area contributed by atoms with E-state index in [-0.39, 0.29) is 6.04 Å². The first-order valence-corrected chi connectivity index (χ1v) is 7.70. The third-order valence-corrected chi connectivity index (χ3v) is 5.11. The molecule has 116 valence electrons. The molecule has 2 N–H and O–H groups in total. The summed E-state index contributed by atoms with van der Waals surface area (Å²) < 4.78 is 27.0. The molecule has 5 heteroatoms. The van der Waals surface area contributed by atoms with E-state index >= 15 is 0 Å². The van der Waals surface area contributed by atoms with Crippen molar-refractivity contribution in [3.63, 3.8) is 0 Å².